The first-order chi connectivity index (χ1) is 11.6. The number of rotatable bonds is 8. The summed E-state index contributed by atoms with van der Waals surface area (Å²) in [6.45, 7) is 8.85. The van der Waals surface area contributed by atoms with E-state index in [0.29, 0.717) is 18.3 Å². The molecule has 2 rings (SSSR count). The molecule has 0 aliphatic carbocycles. The van der Waals surface area contributed by atoms with Gasteiger partial charge in [-0.2, -0.15) is 0 Å². The average Bonchev–Trinajstić information content (AvgIpc) is 2.98. The van der Waals surface area contributed by atoms with Gasteiger partial charge in [0, 0.05) is 6.54 Å². The fourth-order valence-electron chi connectivity index (χ4n) is 2.26. The predicted octanol–water partition coefficient (Wildman–Crippen LogP) is 3.40. The molecule has 0 spiro atoms. The van der Waals surface area contributed by atoms with Crippen molar-refractivity contribution in [2.24, 2.45) is 0 Å². The zero-order valence-corrected chi connectivity index (χ0v) is 15.3. The molecule has 0 saturated heterocycles. The van der Waals surface area contributed by atoms with Gasteiger partial charge >= 0.3 is 5.97 Å². The molecule has 0 radical (unpaired) electrons. The largest absolute Gasteiger partial charge is 0.482 e. The van der Waals surface area contributed by atoms with Gasteiger partial charge in [0.05, 0.1) is 12.4 Å². The van der Waals surface area contributed by atoms with E-state index >= 15 is 0 Å². The van der Waals surface area contributed by atoms with E-state index < -0.39 is 0 Å². The molecular formula is C17H23N3O3S. The maximum absolute atomic E-state index is 11.5. The smallest absolute Gasteiger partial charge is 0.316 e. The summed E-state index contributed by atoms with van der Waals surface area (Å²) < 4.78 is 12.9. The van der Waals surface area contributed by atoms with E-state index in [1.54, 1.807) is 6.92 Å². The fraction of sp³-hybridized carbons (Fsp3) is 0.471. The minimum Gasteiger partial charge on any atom is -0.482 e. The van der Waals surface area contributed by atoms with Crippen LogP contribution in [0.25, 0.3) is 0 Å². The number of hydrogen-bond acceptors (Lipinski definition) is 6. The normalized spacial score (nSPS) is 12.0. The highest BCUT2D eigenvalue weighted by Crippen LogP contribution is 2.26. The van der Waals surface area contributed by atoms with Crippen LogP contribution in [-0.4, -0.2) is 33.1 Å². The number of esters is 1. The van der Waals surface area contributed by atoms with Crippen molar-refractivity contribution in [2.45, 2.75) is 45.5 Å². The van der Waals surface area contributed by atoms with Crippen LogP contribution < -0.4 is 4.74 Å². The van der Waals surface area contributed by atoms with Crippen LogP contribution in [0.5, 0.6) is 5.75 Å². The molecule has 1 aromatic heterocycles. The number of benzene rings is 1. The molecule has 0 saturated carbocycles. The summed E-state index contributed by atoms with van der Waals surface area (Å²) in [7, 11) is 0. The summed E-state index contributed by atoms with van der Waals surface area (Å²) in [6, 6.07) is 7.87. The first-order valence-electron chi connectivity index (χ1n) is 8.00. The standard InChI is InChI=1S/C17H23N3O3S/c1-5-20-16(13(4)23-14-10-8-7-9-12(14)3)18-19-17(20)24-11-15(21)22-6-2/h7-10,13H,5-6,11H2,1-4H3. The van der Waals surface area contributed by atoms with E-state index in [9.17, 15) is 4.79 Å². The van der Waals surface area contributed by atoms with Crippen molar-refractivity contribution in [3.63, 3.8) is 0 Å². The Morgan fingerprint density at radius 3 is 2.71 bits per heavy atom. The van der Waals surface area contributed by atoms with Gasteiger partial charge in [0.25, 0.3) is 0 Å². The number of hydrogen-bond donors (Lipinski definition) is 0. The Morgan fingerprint density at radius 1 is 1.29 bits per heavy atom. The molecule has 0 aliphatic rings. The Labute approximate surface area is 146 Å². The lowest BCUT2D eigenvalue weighted by molar-refractivity contribution is -0.139. The number of ether oxygens (including phenoxy) is 2. The number of aryl methyl sites for hydroxylation is 1. The molecule has 1 aromatic carbocycles. The topological polar surface area (TPSA) is 66.2 Å². The minimum atomic E-state index is -0.251. The molecule has 1 unspecified atom stereocenters. The van der Waals surface area contributed by atoms with Gasteiger partial charge in [-0.05, 0) is 39.3 Å². The lowest BCUT2D eigenvalue weighted by atomic mass is 10.2. The molecule has 2 aromatic rings. The number of para-hydroxylation sites is 1. The number of aromatic nitrogens is 3. The van der Waals surface area contributed by atoms with E-state index in [1.165, 1.54) is 11.8 Å². The van der Waals surface area contributed by atoms with Gasteiger partial charge in [-0.15, -0.1) is 10.2 Å². The highest BCUT2D eigenvalue weighted by molar-refractivity contribution is 7.99. The Hall–Kier alpha value is -2.02. The van der Waals surface area contributed by atoms with E-state index in [4.69, 9.17) is 9.47 Å². The van der Waals surface area contributed by atoms with Crippen LogP contribution in [0.2, 0.25) is 0 Å². The van der Waals surface area contributed by atoms with Crippen LogP contribution in [0, 0.1) is 6.92 Å². The third-order valence-electron chi connectivity index (χ3n) is 3.45. The van der Waals surface area contributed by atoms with E-state index in [-0.39, 0.29) is 17.8 Å². The lowest BCUT2D eigenvalue weighted by Crippen LogP contribution is -2.13. The number of carbonyl (C=O) groups is 1. The van der Waals surface area contributed by atoms with Crippen molar-refractivity contribution in [3.8, 4) is 5.75 Å². The molecule has 0 aliphatic heterocycles. The summed E-state index contributed by atoms with van der Waals surface area (Å²) in [5.74, 6) is 1.54. The maximum Gasteiger partial charge on any atom is 0.316 e. The first kappa shape index (κ1) is 18.3. The van der Waals surface area contributed by atoms with Crippen molar-refractivity contribution in [3.05, 3.63) is 35.7 Å². The van der Waals surface area contributed by atoms with Gasteiger partial charge in [0.2, 0.25) is 0 Å². The Morgan fingerprint density at radius 2 is 2.04 bits per heavy atom. The van der Waals surface area contributed by atoms with Gasteiger partial charge in [0.1, 0.15) is 5.75 Å². The molecule has 130 valence electrons. The molecule has 0 amide bonds. The van der Waals surface area contributed by atoms with E-state index in [2.05, 4.69) is 10.2 Å². The quantitative estimate of drug-likeness (QED) is 0.537. The molecule has 24 heavy (non-hydrogen) atoms. The third kappa shape index (κ3) is 4.50. The molecule has 7 heteroatoms. The van der Waals surface area contributed by atoms with Crippen LogP contribution >= 0.6 is 11.8 Å². The Bertz CT molecular complexity index is 687. The highest BCUT2D eigenvalue weighted by atomic mass is 32.2. The Balaban J connectivity index is 2.10. The van der Waals surface area contributed by atoms with Gasteiger partial charge in [-0.25, -0.2) is 0 Å². The molecule has 0 N–H and O–H groups in total. The molecule has 6 nitrogen and oxygen atoms in total. The minimum absolute atomic E-state index is 0.221. The van der Waals surface area contributed by atoms with Crippen molar-refractivity contribution in [1.29, 1.82) is 0 Å². The number of nitrogens with zero attached hydrogens (tertiary/aromatic N) is 3. The SMILES string of the molecule is CCOC(=O)CSc1nnc(C(C)Oc2ccccc2C)n1CC. The lowest BCUT2D eigenvalue weighted by Gasteiger charge is -2.16. The summed E-state index contributed by atoms with van der Waals surface area (Å²) in [6.07, 6.45) is -0.240. The summed E-state index contributed by atoms with van der Waals surface area (Å²) in [5.41, 5.74) is 1.07. The Kier molecular flexibility index (Phi) is 6.66. The second-order valence-corrected chi connectivity index (χ2v) is 6.15. The molecule has 0 fully saturated rings. The summed E-state index contributed by atoms with van der Waals surface area (Å²) >= 11 is 1.33. The first-order valence-corrected chi connectivity index (χ1v) is 8.99. The number of thioether (sulfide) groups is 1. The zero-order valence-electron chi connectivity index (χ0n) is 14.5. The third-order valence-corrected chi connectivity index (χ3v) is 4.39. The summed E-state index contributed by atoms with van der Waals surface area (Å²) in [5, 5.41) is 9.14. The van der Waals surface area contributed by atoms with E-state index in [0.717, 1.165) is 17.1 Å². The molecular weight excluding hydrogens is 326 g/mol. The van der Waals surface area contributed by atoms with Crippen molar-refractivity contribution in [2.75, 3.05) is 12.4 Å². The maximum atomic E-state index is 11.5. The molecule has 1 atom stereocenters. The molecule has 1 heterocycles. The zero-order chi connectivity index (χ0) is 17.5. The van der Waals surface area contributed by atoms with Crippen molar-refractivity contribution < 1.29 is 14.3 Å². The second kappa shape index (κ2) is 8.73. The highest BCUT2D eigenvalue weighted by Gasteiger charge is 2.20. The van der Waals surface area contributed by atoms with Gasteiger partial charge in [0.15, 0.2) is 17.1 Å². The van der Waals surface area contributed by atoms with Crippen LogP contribution in [0.3, 0.4) is 0 Å². The van der Waals surface area contributed by atoms with Crippen LogP contribution in [-0.2, 0) is 16.1 Å². The number of carbonyl (C=O) groups excluding carboxylic acids is 1. The van der Waals surface area contributed by atoms with Gasteiger partial charge in [-0.3, -0.25) is 4.79 Å². The summed E-state index contributed by atoms with van der Waals surface area (Å²) in [4.78, 5) is 11.5. The van der Waals surface area contributed by atoms with E-state index in [1.807, 2.05) is 49.6 Å². The monoisotopic (exact) mass is 349 g/mol. The molecule has 0 bridgehead atoms. The van der Waals surface area contributed by atoms with Crippen LogP contribution in [0.1, 0.15) is 38.3 Å². The van der Waals surface area contributed by atoms with Gasteiger partial charge < -0.3 is 14.0 Å². The van der Waals surface area contributed by atoms with Gasteiger partial charge in [-0.1, -0.05) is 30.0 Å². The predicted molar refractivity (Wildman–Crippen MR) is 93.3 cm³/mol. The fourth-order valence-corrected chi connectivity index (χ4v) is 3.07. The van der Waals surface area contributed by atoms with Crippen molar-refractivity contribution in [1.82, 2.24) is 14.8 Å². The second-order valence-electron chi connectivity index (χ2n) is 5.20. The van der Waals surface area contributed by atoms with Crippen LogP contribution in [0.15, 0.2) is 29.4 Å². The van der Waals surface area contributed by atoms with Crippen molar-refractivity contribution >= 4 is 17.7 Å². The van der Waals surface area contributed by atoms with Crippen LogP contribution in [0.4, 0.5) is 0 Å². The average molecular weight is 349 g/mol.